The average molecular weight is 285 g/mol. The summed E-state index contributed by atoms with van der Waals surface area (Å²) in [6, 6.07) is 10.4. The second kappa shape index (κ2) is 5.96. The van der Waals surface area contributed by atoms with Gasteiger partial charge in [-0.15, -0.1) is 11.3 Å². The van der Waals surface area contributed by atoms with Crippen molar-refractivity contribution in [2.45, 2.75) is 25.7 Å². The van der Waals surface area contributed by atoms with E-state index in [1.165, 1.54) is 16.9 Å². The smallest absolute Gasteiger partial charge is 0.230 e. The van der Waals surface area contributed by atoms with E-state index in [4.69, 9.17) is 4.52 Å². The lowest BCUT2D eigenvalue weighted by Crippen LogP contribution is -2.02. The standard InChI is InChI=1S/C15H15N3OS/c1-2-12(8-11-6-4-3-5-7-11)15-17-14(18-19-15)13-9-20-10-16-13/h3-7,9-10,12H,2,8H2,1H3. The van der Waals surface area contributed by atoms with Gasteiger partial charge in [-0.05, 0) is 18.4 Å². The molecular formula is C15H15N3OS. The fourth-order valence-electron chi connectivity index (χ4n) is 2.13. The van der Waals surface area contributed by atoms with E-state index >= 15 is 0 Å². The van der Waals surface area contributed by atoms with Gasteiger partial charge in [0.05, 0.1) is 5.51 Å². The molecule has 20 heavy (non-hydrogen) atoms. The molecule has 3 aromatic rings. The molecule has 1 unspecified atom stereocenters. The van der Waals surface area contributed by atoms with Crippen LogP contribution in [0.3, 0.4) is 0 Å². The number of benzene rings is 1. The highest BCUT2D eigenvalue weighted by molar-refractivity contribution is 7.07. The molecule has 0 N–H and O–H groups in total. The van der Waals surface area contributed by atoms with Gasteiger partial charge < -0.3 is 4.52 Å². The maximum atomic E-state index is 5.42. The van der Waals surface area contributed by atoms with Gasteiger partial charge in [0.2, 0.25) is 11.7 Å². The summed E-state index contributed by atoms with van der Waals surface area (Å²) in [5.41, 5.74) is 3.83. The predicted octanol–water partition coefficient (Wildman–Crippen LogP) is 3.93. The second-order valence-corrected chi connectivity index (χ2v) is 5.34. The molecule has 2 heterocycles. The van der Waals surface area contributed by atoms with Crippen molar-refractivity contribution in [2.24, 2.45) is 0 Å². The van der Waals surface area contributed by atoms with Crippen molar-refractivity contribution in [3.63, 3.8) is 0 Å². The molecule has 4 nitrogen and oxygen atoms in total. The van der Waals surface area contributed by atoms with E-state index in [2.05, 4.69) is 46.3 Å². The third-order valence-electron chi connectivity index (χ3n) is 3.27. The van der Waals surface area contributed by atoms with Gasteiger partial charge in [0, 0.05) is 11.3 Å². The Kier molecular flexibility index (Phi) is 3.87. The second-order valence-electron chi connectivity index (χ2n) is 4.62. The monoisotopic (exact) mass is 285 g/mol. The average Bonchev–Trinajstić information content (AvgIpc) is 3.16. The summed E-state index contributed by atoms with van der Waals surface area (Å²) >= 11 is 1.53. The Morgan fingerprint density at radius 3 is 2.80 bits per heavy atom. The maximum Gasteiger partial charge on any atom is 0.230 e. The highest BCUT2D eigenvalue weighted by Gasteiger charge is 2.19. The van der Waals surface area contributed by atoms with Crippen LogP contribution in [0.4, 0.5) is 0 Å². The van der Waals surface area contributed by atoms with E-state index in [0.29, 0.717) is 11.7 Å². The van der Waals surface area contributed by atoms with Crippen molar-refractivity contribution in [2.75, 3.05) is 0 Å². The van der Waals surface area contributed by atoms with E-state index < -0.39 is 0 Å². The fraction of sp³-hybridized carbons (Fsp3) is 0.267. The molecule has 2 aromatic heterocycles. The van der Waals surface area contributed by atoms with Crippen LogP contribution in [0.2, 0.25) is 0 Å². The zero-order valence-electron chi connectivity index (χ0n) is 11.2. The Morgan fingerprint density at radius 1 is 1.25 bits per heavy atom. The molecule has 102 valence electrons. The molecule has 0 saturated carbocycles. The lowest BCUT2D eigenvalue weighted by atomic mass is 9.97. The normalized spacial score (nSPS) is 12.4. The highest BCUT2D eigenvalue weighted by Crippen LogP contribution is 2.25. The molecule has 1 aromatic carbocycles. The maximum absolute atomic E-state index is 5.42. The zero-order valence-corrected chi connectivity index (χ0v) is 12.0. The number of thiazole rings is 1. The minimum Gasteiger partial charge on any atom is -0.339 e. The Hall–Kier alpha value is -2.01. The molecule has 0 aliphatic carbocycles. The molecule has 0 aliphatic heterocycles. The molecule has 0 bridgehead atoms. The van der Waals surface area contributed by atoms with Gasteiger partial charge in [0.25, 0.3) is 0 Å². The first kappa shape index (κ1) is 13.0. The number of hydrogen-bond acceptors (Lipinski definition) is 5. The third kappa shape index (κ3) is 2.77. The Bertz CT molecular complexity index is 649. The van der Waals surface area contributed by atoms with Crippen LogP contribution in [-0.2, 0) is 6.42 Å². The number of aromatic nitrogens is 3. The van der Waals surface area contributed by atoms with Crippen molar-refractivity contribution in [1.29, 1.82) is 0 Å². The molecule has 0 saturated heterocycles. The SMILES string of the molecule is CCC(Cc1ccccc1)c1nc(-c2cscn2)no1. The van der Waals surface area contributed by atoms with E-state index in [-0.39, 0.29) is 5.92 Å². The molecule has 0 spiro atoms. The Morgan fingerprint density at radius 2 is 2.10 bits per heavy atom. The van der Waals surface area contributed by atoms with E-state index in [1.807, 2.05) is 11.4 Å². The summed E-state index contributed by atoms with van der Waals surface area (Å²) in [5, 5.41) is 5.95. The largest absolute Gasteiger partial charge is 0.339 e. The topological polar surface area (TPSA) is 51.8 Å². The molecule has 0 radical (unpaired) electrons. The summed E-state index contributed by atoms with van der Waals surface area (Å²) in [7, 11) is 0. The van der Waals surface area contributed by atoms with Gasteiger partial charge in [0.1, 0.15) is 5.69 Å². The highest BCUT2D eigenvalue weighted by atomic mass is 32.1. The molecule has 0 fully saturated rings. The first-order valence-corrected chi connectivity index (χ1v) is 7.57. The number of rotatable bonds is 5. The Balaban J connectivity index is 1.80. The molecule has 5 heteroatoms. The van der Waals surface area contributed by atoms with Crippen LogP contribution in [0.1, 0.15) is 30.7 Å². The number of nitrogens with zero attached hydrogens (tertiary/aromatic N) is 3. The van der Waals surface area contributed by atoms with Crippen LogP contribution < -0.4 is 0 Å². The zero-order chi connectivity index (χ0) is 13.8. The van der Waals surface area contributed by atoms with Gasteiger partial charge in [-0.3, -0.25) is 0 Å². The fourth-order valence-corrected chi connectivity index (χ4v) is 2.66. The third-order valence-corrected chi connectivity index (χ3v) is 3.86. The van der Waals surface area contributed by atoms with E-state index in [1.54, 1.807) is 5.51 Å². The van der Waals surface area contributed by atoms with Crippen LogP contribution in [-0.4, -0.2) is 15.1 Å². The number of hydrogen-bond donors (Lipinski definition) is 0. The molecule has 0 amide bonds. The van der Waals surface area contributed by atoms with Crippen molar-refractivity contribution in [1.82, 2.24) is 15.1 Å². The summed E-state index contributed by atoms with van der Waals surface area (Å²) in [4.78, 5) is 8.69. The van der Waals surface area contributed by atoms with Crippen LogP contribution in [0.5, 0.6) is 0 Å². The van der Waals surface area contributed by atoms with Gasteiger partial charge in [-0.25, -0.2) is 4.98 Å². The van der Waals surface area contributed by atoms with Crippen LogP contribution in [0.25, 0.3) is 11.5 Å². The van der Waals surface area contributed by atoms with Crippen LogP contribution in [0.15, 0.2) is 45.7 Å². The predicted molar refractivity (Wildman–Crippen MR) is 78.6 cm³/mol. The first-order valence-electron chi connectivity index (χ1n) is 6.63. The molecule has 1 atom stereocenters. The van der Waals surface area contributed by atoms with Crippen molar-refractivity contribution in [3.8, 4) is 11.5 Å². The summed E-state index contributed by atoms with van der Waals surface area (Å²) < 4.78 is 5.42. The summed E-state index contributed by atoms with van der Waals surface area (Å²) in [6.07, 6.45) is 1.88. The van der Waals surface area contributed by atoms with Gasteiger partial charge in [-0.1, -0.05) is 42.4 Å². The summed E-state index contributed by atoms with van der Waals surface area (Å²) in [6.45, 7) is 2.14. The van der Waals surface area contributed by atoms with Crippen molar-refractivity contribution < 1.29 is 4.52 Å². The molecular weight excluding hydrogens is 270 g/mol. The quantitative estimate of drug-likeness (QED) is 0.712. The van der Waals surface area contributed by atoms with E-state index in [0.717, 1.165) is 18.5 Å². The lowest BCUT2D eigenvalue weighted by molar-refractivity contribution is 0.348. The van der Waals surface area contributed by atoms with E-state index in [9.17, 15) is 0 Å². The Labute approximate surface area is 121 Å². The van der Waals surface area contributed by atoms with Crippen molar-refractivity contribution in [3.05, 3.63) is 52.7 Å². The first-order chi connectivity index (χ1) is 9.86. The van der Waals surface area contributed by atoms with Gasteiger partial charge in [-0.2, -0.15) is 4.98 Å². The van der Waals surface area contributed by atoms with Crippen LogP contribution >= 0.6 is 11.3 Å². The van der Waals surface area contributed by atoms with Gasteiger partial charge >= 0.3 is 0 Å². The molecule has 0 aliphatic rings. The minimum atomic E-state index is 0.247. The minimum absolute atomic E-state index is 0.247. The summed E-state index contributed by atoms with van der Waals surface area (Å²) in [5.74, 6) is 1.52. The van der Waals surface area contributed by atoms with Crippen molar-refractivity contribution >= 4 is 11.3 Å². The molecule has 3 rings (SSSR count). The van der Waals surface area contributed by atoms with Crippen LogP contribution in [0, 0.1) is 0 Å². The lowest BCUT2D eigenvalue weighted by Gasteiger charge is -2.09. The van der Waals surface area contributed by atoms with Gasteiger partial charge in [0.15, 0.2) is 0 Å².